The molecule has 2 fully saturated rings. The summed E-state index contributed by atoms with van der Waals surface area (Å²) in [5.41, 5.74) is 1.29. The number of ether oxygens (including phenoxy) is 2. The SMILES string of the molecule is CC(C)CC[C@H](NC(=O)[C@H](CCc1ccccc1)NC(=O)CN1CCOCC1)C(=O)N[C@@H](Cc1ccccc1)C(=O)NC(CC(C)C)/C(=N/OCC(=O)O)[C@@]1(C)CO1. The summed E-state index contributed by atoms with van der Waals surface area (Å²) in [7, 11) is 0. The van der Waals surface area contributed by atoms with E-state index in [0.29, 0.717) is 70.7 Å². The molecule has 4 rings (SSSR count). The maximum atomic E-state index is 14.3. The van der Waals surface area contributed by atoms with E-state index < -0.39 is 60.1 Å². The molecule has 4 amide bonds. The molecule has 1 unspecified atom stereocenters. The Morgan fingerprint density at radius 1 is 0.759 bits per heavy atom. The second-order valence-corrected chi connectivity index (χ2v) is 16.2. The Hall–Kier alpha value is -4.86. The van der Waals surface area contributed by atoms with Gasteiger partial charge in [-0.15, -0.1) is 0 Å². The molecule has 2 aromatic rings. The Morgan fingerprint density at radius 2 is 1.31 bits per heavy atom. The third kappa shape index (κ3) is 15.8. The summed E-state index contributed by atoms with van der Waals surface area (Å²) in [4.78, 5) is 74.4. The van der Waals surface area contributed by atoms with Crippen LogP contribution in [-0.2, 0) is 51.1 Å². The number of carboxylic acids is 1. The zero-order valence-electron chi connectivity index (χ0n) is 34.5. The van der Waals surface area contributed by atoms with Gasteiger partial charge in [-0.1, -0.05) is 93.5 Å². The van der Waals surface area contributed by atoms with Crippen LogP contribution in [-0.4, -0.2) is 121 Å². The van der Waals surface area contributed by atoms with Crippen molar-refractivity contribution in [3.8, 4) is 0 Å². The summed E-state index contributed by atoms with van der Waals surface area (Å²) < 4.78 is 11.1. The van der Waals surface area contributed by atoms with E-state index in [1.165, 1.54) is 0 Å². The minimum Gasteiger partial charge on any atom is -0.479 e. The quantitative estimate of drug-likeness (QED) is 0.0597. The zero-order chi connectivity index (χ0) is 42.1. The van der Waals surface area contributed by atoms with Gasteiger partial charge in [-0.05, 0) is 62.0 Å². The molecule has 2 aromatic carbocycles. The Morgan fingerprint density at radius 3 is 1.88 bits per heavy atom. The van der Waals surface area contributed by atoms with E-state index in [9.17, 15) is 24.0 Å². The molecule has 2 aliphatic rings. The van der Waals surface area contributed by atoms with Crippen molar-refractivity contribution in [3.05, 3.63) is 71.8 Å². The predicted octanol–water partition coefficient (Wildman–Crippen LogP) is 2.86. The van der Waals surface area contributed by atoms with E-state index in [4.69, 9.17) is 19.4 Å². The van der Waals surface area contributed by atoms with Crippen molar-refractivity contribution in [2.75, 3.05) is 46.1 Å². The first kappa shape index (κ1) is 45.8. The molecule has 0 spiro atoms. The van der Waals surface area contributed by atoms with Crippen molar-refractivity contribution in [2.24, 2.45) is 17.0 Å². The fraction of sp³-hybridized carbons (Fsp3) is 0.581. The number of nitrogens with one attached hydrogen (secondary N) is 4. The van der Waals surface area contributed by atoms with E-state index in [-0.39, 0.29) is 30.7 Å². The molecule has 0 bridgehead atoms. The standard InChI is InChI=1S/C43H62N6O9/c1-29(2)16-18-34(45-40(53)33(19-17-31-12-8-6-9-13-31)44-37(50)26-49-20-22-56-23-21-49)41(54)47-36(25-32-14-10-7-11-15-32)42(55)46-35(24-30(3)4)39(43(5)28-57-43)48-58-27-38(51)52/h6-15,29-30,33-36H,16-28H2,1-5H3,(H,44,50)(H,45,53)(H,46,55)(H,47,54)(H,51,52)/b48-39-/t33-,34-,35?,36-,43+/m0/s1. The van der Waals surface area contributed by atoms with E-state index in [1.54, 1.807) is 6.92 Å². The van der Waals surface area contributed by atoms with Crippen molar-refractivity contribution < 1.29 is 43.4 Å². The smallest absolute Gasteiger partial charge is 0.344 e. The maximum Gasteiger partial charge on any atom is 0.344 e. The number of carboxylic acid groups (broad SMARTS) is 1. The highest BCUT2D eigenvalue weighted by atomic mass is 16.6. The fourth-order valence-electron chi connectivity index (χ4n) is 6.72. The van der Waals surface area contributed by atoms with Gasteiger partial charge in [0, 0.05) is 19.5 Å². The zero-order valence-corrected chi connectivity index (χ0v) is 34.5. The molecule has 0 saturated carbocycles. The van der Waals surface area contributed by atoms with Crippen LogP contribution in [0.5, 0.6) is 0 Å². The highest BCUT2D eigenvalue weighted by Crippen LogP contribution is 2.31. The number of amides is 4. The number of epoxide rings is 1. The van der Waals surface area contributed by atoms with Gasteiger partial charge in [-0.3, -0.25) is 24.1 Å². The highest BCUT2D eigenvalue weighted by Gasteiger charge is 2.49. The molecule has 0 aromatic heterocycles. The molecule has 58 heavy (non-hydrogen) atoms. The first-order valence-electron chi connectivity index (χ1n) is 20.4. The minimum absolute atomic E-state index is 0.0827. The van der Waals surface area contributed by atoms with Crippen molar-refractivity contribution >= 4 is 35.3 Å². The molecular weight excluding hydrogens is 745 g/mol. The van der Waals surface area contributed by atoms with Gasteiger partial charge in [0.25, 0.3) is 0 Å². The van der Waals surface area contributed by atoms with Crippen LogP contribution in [0.4, 0.5) is 0 Å². The van der Waals surface area contributed by atoms with E-state index >= 15 is 0 Å². The first-order chi connectivity index (χ1) is 27.7. The summed E-state index contributed by atoms with van der Waals surface area (Å²) in [5.74, 6) is -2.73. The van der Waals surface area contributed by atoms with Crippen molar-refractivity contribution in [1.29, 1.82) is 0 Å². The maximum absolute atomic E-state index is 14.3. The summed E-state index contributed by atoms with van der Waals surface area (Å²) in [6.07, 6.45) is 2.31. The number of rotatable bonds is 24. The number of morpholine rings is 1. The molecule has 15 nitrogen and oxygen atoms in total. The number of benzene rings is 2. The van der Waals surface area contributed by atoms with Crippen LogP contribution >= 0.6 is 0 Å². The molecule has 0 radical (unpaired) electrons. The van der Waals surface area contributed by atoms with Crippen LogP contribution in [0.2, 0.25) is 0 Å². The lowest BCUT2D eigenvalue weighted by Crippen LogP contribution is -2.59. The second kappa shape index (κ2) is 22.9. The minimum atomic E-state index is -1.20. The first-order valence-corrected chi connectivity index (χ1v) is 20.4. The van der Waals surface area contributed by atoms with Gasteiger partial charge in [-0.2, -0.15) is 0 Å². The van der Waals surface area contributed by atoms with Gasteiger partial charge in [-0.25, -0.2) is 4.79 Å². The Kier molecular flexibility index (Phi) is 18.1. The number of hydrogen-bond acceptors (Lipinski definition) is 10. The number of carbonyl (C=O) groups excluding carboxylic acids is 4. The van der Waals surface area contributed by atoms with E-state index in [0.717, 1.165) is 11.1 Å². The van der Waals surface area contributed by atoms with Crippen LogP contribution in [0.1, 0.15) is 71.4 Å². The van der Waals surface area contributed by atoms with Gasteiger partial charge in [0.1, 0.15) is 29.4 Å². The van der Waals surface area contributed by atoms with Gasteiger partial charge in [0.2, 0.25) is 30.2 Å². The van der Waals surface area contributed by atoms with Crippen LogP contribution in [0.3, 0.4) is 0 Å². The van der Waals surface area contributed by atoms with E-state index in [1.807, 2.05) is 93.3 Å². The van der Waals surface area contributed by atoms with Crippen LogP contribution < -0.4 is 21.3 Å². The number of carbonyl (C=O) groups is 5. The monoisotopic (exact) mass is 806 g/mol. The normalized spacial score (nSPS) is 19.1. The highest BCUT2D eigenvalue weighted by molar-refractivity contribution is 6.01. The molecule has 15 heteroatoms. The topological polar surface area (TPSA) is 200 Å². The lowest BCUT2D eigenvalue weighted by molar-refractivity contribution is -0.142. The number of nitrogens with zero attached hydrogens (tertiary/aromatic N) is 2. The van der Waals surface area contributed by atoms with Gasteiger partial charge in [0.05, 0.1) is 32.4 Å². The van der Waals surface area contributed by atoms with Gasteiger partial charge >= 0.3 is 5.97 Å². The summed E-state index contributed by atoms with van der Waals surface area (Å²) in [6.45, 7) is 11.9. The molecule has 2 heterocycles. The van der Waals surface area contributed by atoms with Crippen molar-refractivity contribution in [1.82, 2.24) is 26.2 Å². The Labute approximate surface area is 342 Å². The Balaban J connectivity index is 1.57. The third-order valence-electron chi connectivity index (χ3n) is 10.1. The predicted molar refractivity (Wildman–Crippen MR) is 219 cm³/mol. The van der Waals surface area contributed by atoms with E-state index in [2.05, 4.69) is 26.4 Å². The average molecular weight is 807 g/mol. The average Bonchev–Trinajstić information content (AvgIpc) is 3.94. The van der Waals surface area contributed by atoms with Crippen molar-refractivity contribution in [3.63, 3.8) is 0 Å². The second-order valence-electron chi connectivity index (χ2n) is 16.2. The van der Waals surface area contributed by atoms with Crippen LogP contribution in [0.15, 0.2) is 65.8 Å². The van der Waals surface area contributed by atoms with Gasteiger partial charge < -0.3 is 40.7 Å². The lowest BCUT2D eigenvalue weighted by Gasteiger charge is -2.29. The largest absolute Gasteiger partial charge is 0.479 e. The van der Waals surface area contributed by atoms with Crippen LogP contribution in [0, 0.1) is 11.8 Å². The molecule has 0 aliphatic carbocycles. The van der Waals surface area contributed by atoms with Gasteiger partial charge in [0.15, 0.2) is 0 Å². The number of aryl methyl sites for hydroxylation is 1. The molecule has 5 N–H and O–H groups in total. The summed E-state index contributed by atoms with van der Waals surface area (Å²) in [6, 6.07) is 15.2. The molecule has 2 aliphatic heterocycles. The number of hydrogen-bond donors (Lipinski definition) is 5. The lowest BCUT2D eigenvalue weighted by atomic mass is 9.92. The molecule has 318 valence electrons. The molecule has 2 saturated heterocycles. The van der Waals surface area contributed by atoms with Crippen LogP contribution in [0.25, 0.3) is 0 Å². The number of aliphatic carboxylic acids is 1. The summed E-state index contributed by atoms with van der Waals surface area (Å²) in [5, 5.41) is 25.2. The molecule has 5 atom stereocenters. The fourth-order valence-corrected chi connectivity index (χ4v) is 6.72. The van der Waals surface area contributed by atoms with Crippen molar-refractivity contribution in [2.45, 2.75) is 103 Å². The Bertz CT molecular complexity index is 1660. The summed E-state index contributed by atoms with van der Waals surface area (Å²) >= 11 is 0. The third-order valence-corrected chi connectivity index (χ3v) is 10.1. The molecular formula is C43H62N6O9. The number of oxime groups is 1.